The van der Waals surface area contributed by atoms with Crippen LogP contribution in [0.15, 0.2) is 24.3 Å². The minimum Gasteiger partial charge on any atom is -0.444 e. The van der Waals surface area contributed by atoms with Gasteiger partial charge in [0.25, 0.3) is 0 Å². The van der Waals surface area contributed by atoms with Crippen molar-refractivity contribution in [2.45, 2.75) is 46.1 Å². The van der Waals surface area contributed by atoms with E-state index in [9.17, 15) is 14.4 Å². The fraction of sp³-hybridized carbons (Fsp3) is 0.471. The second-order valence-electron chi connectivity index (χ2n) is 6.21. The summed E-state index contributed by atoms with van der Waals surface area (Å²) in [5.41, 5.74) is 0.619. The second-order valence-corrected chi connectivity index (χ2v) is 6.21. The zero-order valence-electron chi connectivity index (χ0n) is 14.6. The van der Waals surface area contributed by atoms with E-state index >= 15 is 0 Å². The number of nitrogens with one attached hydrogen (secondary N) is 3. The van der Waals surface area contributed by atoms with Crippen LogP contribution in [0.1, 0.15) is 40.5 Å². The molecule has 0 spiro atoms. The average molecular weight is 335 g/mol. The largest absolute Gasteiger partial charge is 0.444 e. The highest BCUT2D eigenvalue weighted by Gasteiger charge is 2.15. The number of alkyl carbamates (subject to hydrolysis) is 1. The molecule has 7 nitrogen and oxygen atoms in total. The van der Waals surface area contributed by atoms with Crippen molar-refractivity contribution in [1.82, 2.24) is 5.32 Å². The standard InChI is InChI=1S/C17H25N3O4/c1-5-14(21)19-12-7-6-8-13(11-12)20-15(22)9-10-18-16(23)24-17(2,3)4/h6-8,11H,5,9-10H2,1-4H3,(H,18,23)(H,19,21)(H,20,22). The summed E-state index contributed by atoms with van der Waals surface area (Å²) in [6, 6.07) is 6.88. The number of amides is 3. The minimum atomic E-state index is -0.574. The molecule has 7 heteroatoms. The van der Waals surface area contributed by atoms with Gasteiger partial charge in [-0.25, -0.2) is 4.79 Å². The molecular formula is C17H25N3O4. The van der Waals surface area contributed by atoms with Crippen LogP contribution in [0.25, 0.3) is 0 Å². The summed E-state index contributed by atoms with van der Waals surface area (Å²) in [5, 5.41) is 7.96. The van der Waals surface area contributed by atoms with Gasteiger partial charge in [-0.05, 0) is 39.0 Å². The average Bonchev–Trinajstić information content (AvgIpc) is 2.45. The molecule has 3 amide bonds. The summed E-state index contributed by atoms with van der Waals surface area (Å²) in [7, 11) is 0. The summed E-state index contributed by atoms with van der Waals surface area (Å²) < 4.78 is 5.08. The van der Waals surface area contributed by atoms with Gasteiger partial charge in [-0.3, -0.25) is 9.59 Å². The van der Waals surface area contributed by atoms with E-state index in [1.165, 1.54) is 0 Å². The molecule has 1 aromatic rings. The lowest BCUT2D eigenvalue weighted by molar-refractivity contribution is -0.116. The van der Waals surface area contributed by atoms with E-state index in [4.69, 9.17) is 4.74 Å². The number of hydrogen-bond donors (Lipinski definition) is 3. The van der Waals surface area contributed by atoms with Crippen molar-refractivity contribution in [2.24, 2.45) is 0 Å². The van der Waals surface area contributed by atoms with Crippen molar-refractivity contribution >= 4 is 29.3 Å². The maximum atomic E-state index is 11.9. The molecule has 0 aliphatic carbocycles. The first kappa shape index (κ1) is 19.5. The van der Waals surface area contributed by atoms with Crippen molar-refractivity contribution in [1.29, 1.82) is 0 Å². The van der Waals surface area contributed by atoms with Crippen LogP contribution in [-0.2, 0) is 14.3 Å². The van der Waals surface area contributed by atoms with Gasteiger partial charge < -0.3 is 20.7 Å². The molecule has 0 unspecified atom stereocenters. The van der Waals surface area contributed by atoms with E-state index < -0.39 is 11.7 Å². The summed E-state index contributed by atoms with van der Waals surface area (Å²) in [4.78, 5) is 34.7. The van der Waals surface area contributed by atoms with Crippen molar-refractivity contribution in [3.63, 3.8) is 0 Å². The predicted molar refractivity (Wildman–Crippen MR) is 92.8 cm³/mol. The fourth-order valence-electron chi connectivity index (χ4n) is 1.74. The van der Waals surface area contributed by atoms with Crippen LogP contribution in [0.4, 0.5) is 16.2 Å². The molecule has 3 N–H and O–H groups in total. The summed E-state index contributed by atoms with van der Waals surface area (Å²) in [5.74, 6) is -0.343. The van der Waals surface area contributed by atoms with Crippen LogP contribution in [0.2, 0.25) is 0 Å². The highest BCUT2D eigenvalue weighted by molar-refractivity contribution is 5.94. The molecule has 0 heterocycles. The first-order valence-electron chi connectivity index (χ1n) is 7.86. The smallest absolute Gasteiger partial charge is 0.407 e. The quantitative estimate of drug-likeness (QED) is 0.744. The Hall–Kier alpha value is -2.57. The third-order valence-corrected chi connectivity index (χ3v) is 2.77. The Morgan fingerprint density at radius 3 is 2.17 bits per heavy atom. The summed E-state index contributed by atoms with van der Waals surface area (Å²) in [6.07, 6.45) is -0.0582. The Kier molecular flexibility index (Phi) is 7.23. The molecule has 132 valence electrons. The van der Waals surface area contributed by atoms with E-state index in [-0.39, 0.29) is 24.8 Å². The van der Waals surface area contributed by atoms with Gasteiger partial charge in [-0.15, -0.1) is 0 Å². The molecule has 0 radical (unpaired) electrons. The molecule has 0 aliphatic rings. The van der Waals surface area contributed by atoms with Gasteiger partial charge in [0.05, 0.1) is 0 Å². The SMILES string of the molecule is CCC(=O)Nc1cccc(NC(=O)CCNC(=O)OC(C)(C)C)c1. The highest BCUT2D eigenvalue weighted by Crippen LogP contribution is 2.15. The normalized spacial score (nSPS) is 10.7. The van der Waals surface area contributed by atoms with E-state index in [0.717, 1.165) is 0 Å². The van der Waals surface area contributed by atoms with Crippen molar-refractivity contribution in [2.75, 3.05) is 17.2 Å². The molecule has 0 atom stereocenters. The number of carbonyl (C=O) groups is 3. The van der Waals surface area contributed by atoms with Crippen molar-refractivity contribution < 1.29 is 19.1 Å². The van der Waals surface area contributed by atoms with Gasteiger partial charge in [-0.2, -0.15) is 0 Å². The third kappa shape index (κ3) is 8.17. The van der Waals surface area contributed by atoms with Crippen LogP contribution < -0.4 is 16.0 Å². The van der Waals surface area contributed by atoms with Gasteiger partial charge in [0.15, 0.2) is 0 Å². The molecule has 0 aromatic heterocycles. The van der Waals surface area contributed by atoms with Gasteiger partial charge in [-0.1, -0.05) is 13.0 Å². The Morgan fingerprint density at radius 1 is 1.04 bits per heavy atom. The number of anilines is 2. The number of benzene rings is 1. The molecule has 1 rings (SSSR count). The van der Waals surface area contributed by atoms with Gasteiger partial charge in [0.1, 0.15) is 5.60 Å². The zero-order chi connectivity index (χ0) is 18.2. The molecule has 0 aliphatic heterocycles. The second kappa shape index (κ2) is 8.90. The van der Waals surface area contributed by atoms with Crippen LogP contribution >= 0.6 is 0 Å². The Bertz CT molecular complexity index is 594. The first-order chi connectivity index (χ1) is 11.2. The first-order valence-corrected chi connectivity index (χ1v) is 7.86. The number of rotatable bonds is 6. The Balaban J connectivity index is 2.41. The van der Waals surface area contributed by atoms with Crippen LogP contribution in [0, 0.1) is 0 Å². The molecule has 0 saturated carbocycles. The molecule has 0 fully saturated rings. The van der Waals surface area contributed by atoms with Crippen molar-refractivity contribution in [3.05, 3.63) is 24.3 Å². The number of carbonyl (C=O) groups excluding carboxylic acids is 3. The van der Waals surface area contributed by atoms with E-state index in [2.05, 4.69) is 16.0 Å². The maximum absolute atomic E-state index is 11.9. The number of ether oxygens (including phenoxy) is 1. The zero-order valence-corrected chi connectivity index (χ0v) is 14.6. The lowest BCUT2D eigenvalue weighted by atomic mass is 10.2. The van der Waals surface area contributed by atoms with Crippen LogP contribution in [0.3, 0.4) is 0 Å². The highest BCUT2D eigenvalue weighted by atomic mass is 16.6. The summed E-state index contributed by atoms with van der Waals surface area (Å²) >= 11 is 0. The Morgan fingerprint density at radius 2 is 1.62 bits per heavy atom. The van der Waals surface area contributed by atoms with Gasteiger partial charge >= 0.3 is 6.09 Å². The molecule has 24 heavy (non-hydrogen) atoms. The van der Waals surface area contributed by atoms with Crippen molar-refractivity contribution in [3.8, 4) is 0 Å². The molecular weight excluding hydrogens is 310 g/mol. The minimum absolute atomic E-state index is 0.0972. The fourth-order valence-corrected chi connectivity index (χ4v) is 1.74. The van der Waals surface area contributed by atoms with Gasteiger partial charge in [0.2, 0.25) is 11.8 Å². The Labute approximate surface area is 142 Å². The summed E-state index contributed by atoms with van der Waals surface area (Å²) in [6.45, 7) is 7.24. The molecule has 0 bridgehead atoms. The maximum Gasteiger partial charge on any atom is 0.407 e. The predicted octanol–water partition coefficient (Wildman–Crippen LogP) is 2.89. The van der Waals surface area contributed by atoms with Crippen LogP contribution in [0.5, 0.6) is 0 Å². The monoisotopic (exact) mass is 335 g/mol. The number of hydrogen-bond acceptors (Lipinski definition) is 4. The molecule has 0 saturated heterocycles. The lowest BCUT2D eigenvalue weighted by Gasteiger charge is -2.19. The van der Waals surface area contributed by atoms with E-state index in [1.54, 1.807) is 52.0 Å². The van der Waals surface area contributed by atoms with E-state index in [0.29, 0.717) is 17.8 Å². The lowest BCUT2D eigenvalue weighted by Crippen LogP contribution is -2.34. The molecule has 1 aromatic carbocycles. The topological polar surface area (TPSA) is 96.5 Å². The van der Waals surface area contributed by atoms with Crippen LogP contribution in [-0.4, -0.2) is 30.1 Å². The van der Waals surface area contributed by atoms with E-state index in [1.807, 2.05) is 0 Å². The van der Waals surface area contributed by atoms with Gasteiger partial charge in [0, 0.05) is 30.8 Å². The third-order valence-electron chi connectivity index (χ3n) is 2.77.